The Bertz CT molecular complexity index is 221. The van der Waals surface area contributed by atoms with Crippen molar-refractivity contribution in [3.8, 4) is 0 Å². The second kappa shape index (κ2) is 5.47. The van der Waals surface area contributed by atoms with Crippen LogP contribution in [-0.2, 0) is 4.79 Å². The van der Waals surface area contributed by atoms with Gasteiger partial charge in [0.15, 0.2) is 0 Å². The fourth-order valence-corrected chi connectivity index (χ4v) is 2.36. The molecular weight excluding hydrogens is 192 g/mol. The summed E-state index contributed by atoms with van der Waals surface area (Å²) in [7, 11) is 4.04. The Hall–Kier alpha value is -0.610. The molecule has 0 spiro atoms. The van der Waals surface area contributed by atoms with Crippen molar-refractivity contribution < 1.29 is 9.90 Å². The van der Waals surface area contributed by atoms with Crippen molar-refractivity contribution in [2.45, 2.75) is 38.3 Å². The number of piperidine rings is 1. The maximum absolute atomic E-state index is 11.0. The summed E-state index contributed by atoms with van der Waals surface area (Å²) in [5.74, 6) is -0.701. The van der Waals surface area contributed by atoms with E-state index in [1.54, 1.807) is 0 Å². The van der Waals surface area contributed by atoms with Crippen LogP contribution in [-0.4, -0.2) is 60.1 Å². The van der Waals surface area contributed by atoms with E-state index in [4.69, 9.17) is 5.11 Å². The number of nitrogens with zero attached hydrogens (tertiary/aromatic N) is 2. The van der Waals surface area contributed by atoms with Crippen LogP contribution in [0, 0.1) is 0 Å². The van der Waals surface area contributed by atoms with E-state index in [0.717, 1.165) is 19.5 Å². The molecular formula is C11H22N2O2. The van der Waals surface area contributed by atoms with Crippen LogP contribution < -0.4 is 0 Å². The lowest BCUT2D eigenvalue weighted by Crippen LogP contribution is -2.51. The molecule has 1 rings (SSSR count). The molecule has 1 N–H and O–H groups in total. The molecule has 2 unspecified atom stereocenters. The van der Waals surface area contributed by atoms with Crippen molar-refractivity contribution in [1.29, 1.82) is 0 Å². The van der Waals surface area contributed by atoms with Gasteiger partial charge in [0.25, 0.3) is 0 Å². The standard InChI is InChI=1S/C11H22N2O2/c1-4-10(11(14)15)13(3)9-6-5-7-12(2)8-9/h9-10H,4-8H2,1-3H3,(H,14,15). The lowest BCUT2D eigenvalue weighted by atomic mass is 10.0. The van der Waals surface area contributed by atoms with E-state index >= 15 is 0 Å². The second-order valence-corrected chi connectivity index (χ2v) is 4.49. The highest BCUT2D eigenvalue weighted by atomic mass is 16.4. The molecule has 0 aromatic rings. The van der Waals surface area contributed by atoms with Gasteiger partial charge in [0.05, 0.1) is 0 Å². The van der Waals surface area contributed by atoms with Gasteiger partial charge in [0.1, 0.15) is 6.04 Å². The average Bonchev–Trinajstić information content (AvgIpc) is 2.18. The van der Waals surface area contributed by atoms with Crippen LogP contribution >= 0.6 is 0 Å². The molecule has 4 nitrogen and oxygen atoms in total. The zero-order valence-electron chi connectivity index (χ0n) is 9.94. The van der Waals surface area contributed by atoms with E-state index < -0.39 is 5.97 Å². The molecule has 2 atom stereocenters. The normalized spacial score (nSPS) is 25.5. The molecule has 0 aromatic carbocycles. The molecule has 0 radical (unpaired) electrons. The minimum Gasteiger partial charge on any atom is -0.480 e. The van der Waals surface area contributed by atoms with Crippen molar-refractivity contribution in [1.82, 2.24) is 9.80 Å². The van der Waals surface area contributed by atoms with Gasteiger partial charge in [0, 0.05) is 12.6 Å². The first kappa shape index (κ1) is 12.5. The summed E-state index contributed by atoms with van der Waals surface area (Å²) in [5.41, 5.74) is 0. The highest BCUT2D eigenvalue weighted by molar-refractivity contribution is 5.73. The molecule has 1 aliphatic rings. The molecule has 0 aliphatic carbocycles. The minimum atomic E-state index is -0.701. The van der Waals surface area contributed by atoms with Crippen molar-refractivity contribution >= 4 is 5.97 Å². The predicted molar refractivity (Wildman–Crippen MR) is 60.0 cm³/mol. The van der Waals surface area contributed by atoms with Gasteiger partial charge < -0.3 is 10.0 Å². The molecule has 0 amide bonds. The fourth-order valence-electron chi connectivity index (χ4n) is 2.36. The van der Waals surface area contributed by atoms with Crippen LogP contribution in [0.4, 0.5) is 0 Å². The third-order valence-electron chi connectivity index (χ3n) is 3.34. The van der Waals surface area contributed by atoms with E-state index in [2.05, 4.69) is 11.9 Å². The zero-order chi connectivity index (χ0) is 11.4. The van der Waals surface area contributed by atoms with E-state index in [1.165, 1.54) is 6.42 Å². The van der Waals surface area contributed by atoms with Crippen LogP contribution in [0.3, 0.4) is 0 Å². The molecule has 1 saturated heterocycles. The van der Waals surface area contributed by atoms with Crippen molar-refractivity contribution in [3.63, 3.8) is 0 Å². The average molecular weight is 214 g/mol. The molecule has 4 heteroatoms. The first-order chi connectivity index (χ1) is 7.06. The highest BCUT2D eigenvalue weighted by Gasteiger charge is 2.29. The number of hydrogen-bond donors (Lipinski definition) is 1. The topological polar surface area (TPSA) is 43.8 Å². The summed E-state index contributed by atoms with van der Waals surface area (Å²) >= 11 is 0. The summed E-state index contributed by atoms with van der Waals surface area (Å²) in [6.45, 7) is 4.05. The lowest BCUT2D eigenvalue weighted by Gasteiger charge is -2.38. The van der Waals surface area contributed by atoms with Crippen LogP contribution in [0.1, 0.15) is 26.2 Å². The zero-order valence-corrected chi connectivity index (χ0v) is 9.94. The van der Waals surface area contributed by atoms with Gasteiger partial charge in [-0.15, -0.1) is 0 Å². The first-order valence-electron chi connectivity index (χ1n) is 5.69. The Morgan fingerprint density at radius 3 is 2.80 bits per heavy atom. The maximum atomic E-state index is 11.0. The molecule has 0 aromatic heterocycles. The van der Waals surface area contributed by atoms with Crippen molar-refractivity contribution in [2.24, 2.45) is 0 Å². The van der Waals surface area contributed by atoms with Gasteiger partial charge in [-0.3, -0.25) is 9.69 Å². The summed E-state index contributed by atoms with van der Waals surface area (Å²) in [4.78, 5) is 15.3. The molecule has 0 saturated carbocycles. The van der Waals surface area contributed by atoms with E-state index in [9.17, 15) is 4.79 Å². The third kappa shape index (κ3) is 3.18. The molecule has 1 heterocycles. The van der Waals surface area contributed by atoms with E-state index in [0.29, 0.717) is 12.5 Å². The SMILES string of the molecule is CCC(C(=O)O)N(C)C1CCCN(C)C1. The fraction of sp³-hybridized carbons (Fsp3) is 0.909. The monoisotopic (exact) mass is 214 g/mol. The Morgan fingerprint density at radius 2 is 2.33 bits per heavy atom. The van der Waals surface area contributed by atoms with E-state index in [-0.39, 0.29) is 6.04 Å². The van der Waals surface area contributed by atoms with Gasteiger partial charge in [-0.1, -0.05) is 6.92 Å². The second-order valence-electron chi connectivity index (χ2n) is 4.49. The number of aliphatic carboxylic acids is 1. The quantitative estimate of drug-likeness (QED) is 0.754. The van der Waals surface area contributed by atoms with Gasteiger partial charge in [-0.25, -0.2) is 0 Å². The largest absolute Gasteiger partial charge is 0.480 e. The predicted octanol–water partition coefficient (Wildman–Crippen LogP) is 0.876. The Balaban J connectivity index is 2.57. The Morgan fingerprint density at radius 1 is 1.67 bits per heavy atom. The highest BCUT2D eigenvalue weighted by Crippen LogP contribution is 2.16. The number of rotatable bonds is 4. The van der Waals surface area contributed by atoms with Gasteiger partial charge in [0.2, 0.25) is 0 Å². The maximum Gasteiger partial charge on any atom is 0.320 e. The number of carboxylic acid groups (broad SMARTS) is 1. The number of likely N-dealkylation sites (tertiary alicyclic amines) is 1. The number of carboxylic acids is 1. The summed E-state index contributed by atoms with van der Waals surface area (Å²) < 4.78 is 0. The lowest BCUT2D eigenvalue weighted by molar-refractivity contribution is -0.144. The summed E-state index contributed by atoms with van der Waals surface area (Å²) in [6, 6.07) is 0.0614. The molecule has 88 valence electrons. The number of hydrogen-bond acceptors (Lipinski definition) is 3. The summed E-state index contributed by atoms with van der Waals surface area (Å²) in [6.07, 6.45) is 2.96. The van der Waals surface area contributed by atoms with Crippen LogP contribution in [0.5, 0.6) is 0 Å². The van der Waals surface area contributed by atoms with E-state index in [1.807, 2.05) is 18.9 Å². The Kier molecular flexibility index (Phi) is 4.54. The van der Waals surface area contributed by atoms with Crippen molar-refractivity contribution in [3.05, 3.63) is 0 Å². The Labute approximate surface area is 91.9 Å². The first-order valence-corrected chi connectivity index (χ1v) is 5.69. The molecule has 1 fully saturated rings. The summed E-state index contributed by atoms with van der Waals surface area (Å²) in [5, 5.41) is 9.08. The van der Waals surface area contributed by atoms with Gasteiger partial charge >= 0.3 is 5.97 Å². The van der Waals surface area contributed by atoms with Crippen molar-refractivity contribution in [2.75, 3.05) is 27.2 Å². The number of likely N-dealkylation sites (N-methyl/N-ethyl adjacent to an activating group) is 2. The molecule has 15 heavy (non-hydrogen) atoms. The smallest absolute Gasteiger partial charge is 0.320 e. The van der Waals surface area contributed by atoms with Gasteiger partial charge in [-0.2, -0.15) is 0 Å². The van der Waals surface area contributed by atoms with Crippen LogP contribution in [0.2, 0.25) is 0 Å². The van der Waals surface area contributed by atoms with Gasteiger partial charge in [-0.05, 0) is 39.9 Å². The third-order valence-corrected chi connectivity index (χ3v) is 3.34. The van der Waals surface area contributed by atoms with Crippen LogP contribution in [0.25, 0.3) is 0 Å². The minimum absolute atomic E-state index is 0.332. The molecule has 0 bridgehead atoms. The van der Waals surface area contributed by atoms with Crippen LogP contribution in [0.15, 0.2) is 0 Å². The number of carbonyl (C=O) groups is 1. The molecule has 1 aliphatic heterocycles.